The summed E-state index contributed by atoms with van der Waals surface area (Å²) in [6.07, 6.45) is 0. The van der Waals surface area contributed by atoms with Crippen LogP contribution in [0.4, 0.5) is 5.69 Å². The van der Waals surface area contributed by atoms with Crippen LogP contribution in [0, 0.1) is 0 Å². The molecule has 128 valence electrons. The van der Waals surface area contributed by atoms with Crippen molar-refractivity contribution >= 4 is 5.69 Å². The smallest absolute Gasteiger partial charge is 0.203 e. The molecule has 0 aliphatic carbocycles. The van der Waals surface area contributed by atoms with Crippen LogP contribution in [0.2, 0.25) is 0 Å². The molecule has 0 spiro atoms. The Morgan fingerprint density at radius 2 is 1.58 bits per heavy atom. The van der Waals surface area contributed by atoms with Gasteiger partial charge in [-0.2, -0.15) is 0 Å². The van der Waals surface area contributed by atoms with E-state index in [-0.39, 0.29) is 0 Å². The maximum Gasteiger partial charge on any atom is 0.203 e. The van der Waals surface area contributed by atoms with Crippen LogP contribution in [0.3, 0.4) is 0 Å². The van der Waals surface area contributed by atoms with Crippen LogP contribution in [0.5, 0.6) is 23.0 Å². The second-order valence-corrected chi connectivity index (χ2v) is 5.38. The van der Waals surface area contributed by atoms with Crippen molar-refractivity contribution in [3.05, 3.63) is 29.3 Å². The summed E-state index contributed by atoms with van der Waals surface area (Å²) in [5.74, 6) is 2.37. The quantitative estimate of drug-likeness (QED) is 0.868. The summed E-state index contributed by atoms with van der Waals surface area (Å²) >= 11 is 0. The van der Waals surface area contributed by atoms with E-state index in [0.717, 1.165) is 22.3 Å². The van der Waals surface area contributed by atoms with E-state index in [1.807, 2.05) is 18.2 Å². The maximum atomic E-state index is 6.26. The highest BCUT2D eigenvalue weighted by Crippen LogP contribution is 2.50. The van der Waals surface area contributed by atoms with Crippen LogP contribution >= 0.6 is 0 Å². The summed E-state index contributed by atoms with van der Waals surface area (Å²) in [4.78, 5) is 0. The first-order valence-electron chi connectivity index (χ1n) is 7.51. The minimum absolute atomic E-state index is 0.390. The van der Waals surface area contributed by atoms with Gasteiger partial charge in [-0.05, 0) is 23.3 Å². The van der Waals surface area contributed by atoms with Crippen molar-refractivity contribution in [3.8, 4) is 34.1 Å². The molecule has 1 aliphatic rings. The highest BCUT2D eigenvalue weighted by atomic mass is 16.5. The first-order chi connectivity index (χ1) is 11.7. The summed E-state index contributed by atoms with van der Waals surface area (Å²) in [5.41, 5.74) is 10.5. The van der Waals surface area contributed by atoms with Crippen LogP contribution in [-0.2, 0) is 18.0 Å². The molecule has 2 aromatic carbocycles. The minimum Gasteiger partial charge on any atom is -0.495 e. The molecule has 0 atom stereocenters. The Hall–Kier alpha value is -2.60. The number of nitrogen functional groups attached to an aromatic ring is 1. The van der Waals surface area contributed by atoms with Gasteiger partial charge in [-0.25, -0.2) is 0 Å². The van der Waals surface area contributed by atoms with Crippen LogP contribution in [0.1, 0.15) is 11.1 Å². The molecule has 0 unspecified atom stereocenters. The van der Waals surface area contributed by atoms with Crippen LogP contribution < -0.4 is 24.7 Å². The number of rotatable bonds is 4. The molecule has 0 radical (unpaired) electrons. The number of benzene rings is 2. The maximum absolute atomic E-state index is 6.26. The first kappa shape index (κ1) is 16.3. The second-order valence-electron chi connectivity index (χ2n) is 5.38. The van der Waals surface area contributed by atoms with E-state index in [0.29, 0.717) is 41.9 Å². The summed E-state index contributed by atoms with van der Waals surface area (Å²) in [6.45, 7) is 0.809. The van der Waals surface area contributed by atoms with Gasteiger partial charge in [0.1, 0.15) is 5.75 Å². The Morgan fingerprint density at radius 3 is 2.21 bits per heavy atom. The number of hydrogen-bond donors (Lipinski definition) is 1. The van der Waals surface area contributed by atoms with E-state index in [1.165, 1.54) is 0 Å². The van der Waals surface area contributed by atoms with Crippen LogP contribution in [0.25, 0.3) is 11.1 Å². The summed E-state index contributed by atoms with van der Waals surface area (Å²) in [6, 6.07) is 5.72. The molecule has 0 aromatic heterocycles. The average Bonchev–Trinajstić information content (AvgIpc) is 2.80. The van der Waals surface area contributed by atoms with Crippen molar-refractivity contribution in [2.24, 2.45) is 0 Å². The lowest BCUT2D eigenvalue weighted by atomic mass is 9.93. The van der Waals surface area contributed by atoms with Crippen molar-refractivity contribution in [1.29, 1.82) is 0 Å². The number of fused-ring (bicyclic) bond motifs is 3. The zero-order valence-corrected chi connectivity index (χ0v) is 14.3. The van der Waals surface area contributed by atoms with E-state index in [1.54, 1.807) is 28.4 Å². The molecule has 1 heterocycles. The molecule has 3 rings (SSSR count). The zero-order chi connectivity index (χ0) is 17.3. The summed E-state index contributed by atoms with van der Waals surface area (Å²) < 4.78 is 27.7. The monoisotopic (exact) mass is 331 g/mol. The van der Waals surface area contributed by atoms with Gasteiger partial charge >= 0.3 is 0 Å². The van der Waals surface area contributed by atoms with Gasteiger partial charge in [0, 0.05) is 11.1 Å². The molecule has 0 amide bonds. The molecule has 6 nitrogen and oxygen atoms in total. The molecule has 2 N–H and O–H groups in total. The van der Waals surface area contributed by atoms with E-state index in [4.69, 9.17) is 29.4 Å². The first-order valence-corrected chi connectivity index (χ1v) is 7.51. The van der Waals surface area contributed by atoms with Gasteiger partial charge in [0.05, 0.1) is 47.3 Å². The highest BCUT2D eigenvalue weighted by molar-refractivity contribution is 5.85. The van der Waals surface area contributed by atoms with Crippen molar-refractivity contribution < 1.29 is 23.7 Å². The number of anilines is 1. The van der Waals surface area contributed by atoms with E-state index < -0.39 is 0 Å². The number of nitrogens with two attached hydrogens (primary N) is 1. The molecular weight excluding hydrogens is 310 g/mol. The molecule has 24 heavy (non-hydrogen) atoms. The third-order valence-electron chi connectivity index (χ3n) is 4.22. The van der Waals surface area contributed by atoms with Crippen LogP contribution in [-0.4, -0.2) is 28.4 Å². The predicted octanol–water partition coefficient (Wildman–Crippen LogP) is 3.00. The second kappa shape index (κ2) is 6.49. The standard InChI is InChI=1S/C18H21NO5/c1-20-13-6-5-11-12(16(13)19)9-24-8-10-7-14(21-2)17(22-3)18(23-4)15(10)11/h5-7H,8-9,19H2,1-4H3. The third kappa shape index (κ3) is 2.39. The fraction of sp³-hybridized carbons (Fsp3) is 0.333. The Balaban J connectivity index is 2.35. The van der Waals surface area contributed by atoms with E-state index in [9.17, 15) is 0 Å². The van der Waals surface area contributed by atoms with Gasteiger partial charge in [-0.15, -0.1) is 0 Å². The lowest BCUT2D eigenvalue weighted by Gasteiger charge is -2.20. The highest BCUT2D eigenvalue weighted by Gasteiger charge is 2.27. The molecular formula is C18H21NO5. The average molecular weight is 331 g/mol. The van der Waals surface area contributed by atoms with Gasteiger partial charge in [-0.3, -0.25) is 0 Å². The molecule has 0 fully saturated rings. The van der Waals surface area contributed by atoms with Crippen molar-refractivity contribution in [3.63, 3.8) is 0 Å². The van der Waals surface area contributed by atoms with Gasteiger partial charge < -0.3 is 29.4 Å². The zero-order valence-electron chi connectivity index (χ0n) is 14.3. The molecule has 0 saturated carbocycles. The minimum atomic E-state index is 0.390. The lowest BCUT2D eigenvalue weighted by molar-refractivity contribution is 0.110. The Labute approximate surface area is 141 Å². The molecule has 2 aromatic rings. The lowest BCUT2D eigenvalue weighted by Crippen LogP contribution is -2.02. The molecule has 6 heteroatoms. The van der Waals surface area contributed by atoms with Gasteiger partial charge in [0.25, 0.3) is 0 Å². The Morgan fingerprint density at radius 1 is 0.875 bits per heavy atom. The van der Waals surface area contributed by atoms with Gasteiger partial charge in [-0.1, -0.05) is 6.07 Å². The third-order valence-corrected chi connectivity index (χ3v) is 4.22. The van der Waals surface area contributed by atoms with E-state index in [2.05, 4.69) is 0 Å². The predicted molar refractivity (Wildman–Crippen MR) is 91.0 cm³/mol. The molecule has 1 aliphatic heterocycles. The largest absolute Gasteiger partial charge is 0.495 e. The SMILES string of the molecule is COc1ccc2c(c1N)COCc1cc(OC)c(OC)c(OC)c1-2. The summed E-state index contributed by atoms with van der Waals surface area (Å²) in [7, 11) is 6.38. The van der Waals surface area contributed by atoms with Crippen molar-refractivity contribution in [2.45, 2.75) is 13.2 Å². The molecule has 0 saturated heterocycles. The fourth-order valence-corrected chi connectivity index (χ4v) is 3.09. The van der Waals surface area contributed by atoms with Crippen molar-refractivity contribution in [2.75, 3.05) is 34.2 Å². The topological polar surface area (TPSA) is 72.2 Å². The normalized spacial score (nSPS) is 12.7. The Kier molecular flexibility index (Phi) is 4.40. The van der Waals surface area contributed by atoms with Gasteiger partial charge in [0.15, 0.2) is 11.5 Å². The Bertz CT molecular complexity index is 773. The number of hydrogen-bond acceptors (Lipinski definition) is 6. The van der Waals surface area contributed by atoms with Crippen LogP contribution in [0.15, 0.2) is 18.2 Å². The fourth-order valence-electron chi connectivity index (χ4n) is 3.09. The summed E-state index contributed by atoms with van der Waals surface area (Å²) in [5, 5.41) is 0. The van der Waals surface area contributed by atoms with Gasteiger partial charge in [0.2, 0.25) is 5.75 Å². The number of ether oxygens (including phenoxy) is 5. The molecule has 0 bridgehead atoms. The number of methoxy groups -OCH3 is 4. The van der Waals surface area contributed by atoms with E-state index >= 15 is 0 Å². The van der Waals surface area contributed by atoms with Crippen molar-refractivity contribution in [1.82, 2.24) is 0 Å².